The lowest BCUT2D eigenvalue weighted by Crippen LogP contribution is -2.23. The summed E-state index contributed by atoms with van der Waals surface area (Å²) < 4.78 is 4.65. The van der Waals surface area contributed by atoms with E-state index in [9.17, 15) is 10.1 Å². The highest BCUT2D eigenvalue weighted by Crippen LogP contribution is 2.30. The summed E-state index contributed by atoms with van der Waals surface area (Å²) in [5, 5.41) is 18.3. The summed E-state index contributed by atoms with van der Waals surface area (Å²) in [7, 11) is 5.96. The molecule has 0 amide bonds. The number of hydrogen-bond donors (Lipinski definition) is 0. The average molecular weight is 279 g/mol. The van der Waals surface area contributed by atoms with Crippen molar-refractivity contribution in [1.82, 2.24) is 15.2 Å². The van der Waals surface area contributed by atoms with Crippen molar-refractivity contribution in [2.24, 2.45) is 0 Å². The van der Waals surface area contributed by atoms with Crippen LogP contribution in [0.25, 0.3) is 11.0 Å². The Kier molecular flexibility index (Phi) is 4.14. The second-order valence-electron chi connectivity index (χ2n) is 4.90. The molecule has 0 bridgehead atoms. The number of hydrogen-bond acceptors (Lipinski definition) is 7. The molecule has 1 aromatic carbocycles. The van der Waals surface area contributed by atoms with E-state index in [2.05, 4.69) is 19.8 Å². The minimum Gasteiger partial charge on any atom is -0.373 e. The molecular weight excluding hydrogens is 262 g/mol. The molecule has 1 heterocycles. The standard InChI is InChI=1S/C12H17N5O3/c1-15(2)7-4-8-16(3)9-5-6-10(17(18)19)12-11(9)13-20-14-12/h5-6H,4,7-8H2,1-3H3. The first kappa shape index (κ1) is 14.2. The predicted molar refractivity (Wildman–Crippen MR) is 74.9 cm³/mol. The van der Waals surface area contributed by atoms with E-state index in [1.54, 1.807) is 6.07 Å². The lowest BCUT2D eigenvalue weighted by molar-refractivity contribution is -0.383. The number of benzene rings is 1. The highest BCUT2D eigenvalue weighted by Gasteiger charge is 2.20. The van der Waals surface area contributed by atoms with Crippen molar-refractivity contribution in [3.8, 4) is 0 Å². The summed E-state index contributed by atoms with van der Waals surface area (Å²) in [5.41, 5.74) is 1.30. The second-order valence-corrected chi connectivity index (χ2v) is 4.90. The third kappa shape index (κ3) is 2.85. The molecule has 8 nitrogen and oxygen atoms in total. The molecule has 0 aliphatic rings. The van der Waals surface area contributed by atoms with Gasteiger partial charge in [0.1, 0.15) is 0 Å². The Bertz CT molecular complexity index is 610. The Morgan fingerprint density at radius 3 is 2.55 bits per heavy atom. The van der Waals surface area contributed by atoms with Crippen LogP contribution in [0.5, 0.6) is 0 Å². The molecule has 0 saturated heterocycles. The Labute approximate surface area is 116 Å². The van der Waals surface area contributed by atoms with E-state index in [1.807, 2.05) is 26.0 Å². The van der Waals surface area contributed by atoms with Crippen LogP contribution in [-0.2, 0) is 0 Å². The first-order chi connectivity index (χ1) is 9.50. The van der Waals surface area contributed by atoms with Gasteiger partial charge in [-0.15, -0.1) is 0 Å². The van der Waals surface area contributed by atoms with Gasteiger partial charge in [0.2, 0.25) is 5.52 Å². The Hall–Kier alpha value is -2.22. The zero-order valence-corrected chi connectivity index (χ0v) is 11.7. The van der Waals surface area contributed by atoms with Crippen molar-refractivity contribution < 1.29 is 9.55 Å². The summed E-state index contributed by atoms with van der Waals surface area (Å²) in [6.45, 7) is 1.79. The van der Waals surface area contributed by atoms with Crippen LogP contribution in [0.1, 0.15) is 6.42 Å². The number of fused-ring (bicyclic) bond motifs is 1. The smallest absolute Gasteiger partial charge is 0.300 e. The lowest BCUT2D eigenvalue weighted by atomic mass is 10.2. The van der Waals surface area contributed by atoms with E-state index < -0.39 is 4.92 Å². The zero-order chi connectivity index (χ0) is 14.7. The van der Waals surface area contributed by atoms with Crippen LogP contribution in [0.4, 0.5) is 11.4 Å². The molecule has 2 rings (SSSR count). The predicted octanol–water partition coefficient (Wildman–Crippen LogP) is 1.52. The fourth-order valence-electron chi connectivity index (χ4n) is 2.04. The molecule has 0 atom stereocenters. The molecule has 0 aliphatic carbocycles. The van der Waals surface area contributed by atoms with Gasteiger partial charge in [0, 0.05) is 19.7 Å². The molecular formula is C12H17N5O3. The van der Waals surface area contributed by atoms with Crippen LogP contribution in [-0.4, -0.2) is 54.4 Å². The van der Waals surface area contributed by atoms with E-state index in [-0.39, 0.29) is 11.2 Å². The number of aromatic nitrogens is 2. The SMILES string of the molecule is CN(C)CCCN(C)c1ccc([N+](=O)[O-])c2nonc12. The fraction of sp³-hybridized carbons (Fsp3) is 0.500. The van der Waals surface area contributed by atoms with E-state index >= 15 is 0 Å². The van der Waals surface area contributed by atoms with Crippen LogP contribution < -0.4 is 4.90 Å². The third-order valence-electron chi connectivity index (χ3n) is 3.08. The van der Waals surface area contributed by atoms with E-state index in [0.29, 0.717) is 5.52 Å². The summed E-state index contributed by atoms with van der Waals surface area (Å²) >= 11 is 0. The second kappa shape index (κ2) is 5.83. The maximum Gasteiger partial charge on any atom is 0.300 e. The van der Waals surface area contributed by atoms with Gasteiger partial charge >= 0.3 is 5.69 Å². The van der Waals surface area contributed by atoms with Crippen molar-refractivity contribution in [3.63, 3.8) is 0 Å². The number of nitrogens with zero attached hydrogens (tertiary/aromatic N) is 5. The quantitative estimate of drug-likeness (QED) is 0.585. The van der Waals surface area contributed by atoms with Crippen LogP contribution >= 0.6 is 0 Å². The van der Waals surface area contributed by atoms with E-state index in [4.69, 9.17) is 0 Å². The van der Waals surface area contributed by atoms with Crippen LogP contribution in [0.3, 0.4) is 0 Å². The molecule has 20 heavy (non-hydrogen) atoms. The van der Waals surface area contributed by atoms with Crippen molar-refractivity contribution in [2.45, 2.75) is 6.42 Å². The van der Waals surface area contributed by atoms with Gasteiger partial charge in [0.25, 0.3) is 0 Å². The number of non-ortho nitro benzene ring substituents is 1. The maximum absolute atomic E-state index is 10.9. The number of anilines is 1. The molecule has 0 N–H and O–H groups in total. The third-order valence-corrected chi connectivity index (χ3v) is 3.08. The highest BCUT2D eigenvalue weighted by atomic mass is 16.6. The van der Waals surface area contributed by atoms with Gasteiger partial charge in [0.15, 0.2) is 5.52 Å². The van der Waals surface area contributed by atoms with Gasteiger partial charge in [0.05, 0.1) is 10.6 Å². The minimum atomic E-state index is -0.484. The van der Waals surface area contributed by atoms with Crippen molar-refractivity contribution in [3.05, 3.63) is 22.2 Å². The van der Waals surface area contributed by atoms with Crippen molar-refractivity contribution in [2.75, 3.05) is 39.1 Å². The topological polar surface area (TPSA) is 88.5 Å². The molecule has 0 aliphatic heterocycles. The highest BCUT2D eigenvalue weighted by molar-refractivity contribution is 5.93. The van der Waals surface area contributed by atoms with Crippen molar-refractivity contribution in [1.29, 1.82) is 0 Å². The van der Waals surface area contributed by atoms with Gasteiger partial charge in [-0.25, -0.2) is 4.63 Å². The van der Waals surface area contributed by atoms with Gasteiger partial charge in [-0.2, -0.15) is 0 Å². The first-order valence-corrected chi connectivity index (χ1v) is 6.26. The largest absolute Gasteiger partial charge is 0.373 e. The summed E-state index contributed by atoms with van der Waals surface area (Å²) in [5.74, 6) is 0. The molecule has 0 fully saturated rings. The summed E-state index contributed by atoms with van der Waals surface area (Å²) in [6, 6.07) is 3.12. The fourth-order valence-corrected chi connectivity index (χ4v) is 2.04. The molecule has 1 aromatic heterocycles. The molecule has 0 spiro atoms. The monoisotopic (exact) mass is 279 g/mol. The molecule has 0 saturated carbocycles. The van der Waals surface area contributed by atoms with Crippen LogP contribution in [0.2, 0.25) is 0 Å². The molecule has 0 unspecified atom stereocenters. The lowest BCUT2D eigenvalue weighted by Gasteiger charge is -2.20. The molecule has 108 valence electrons. The molecule has 8 heteroatoms. The maximum atomic E-state index is 10.9. The van der Waals surface area contributed by atoms with Crippen LogP contribution in [0.15, 0.2) is 16.8 Å². The zero-order valence-electron chi connectivity index (χ0n) is 11.7. The Morgan fingerprint density at radius 2 is 1.90 bits per heavy atom. The Morgan fingerprint density at radius 1 is 1.20 bits per heavy atom. The number of nitro groups is 1. The Balaban J connectivity index is 2.24. The molecule has 2 aromatic rings. The van der Waals surface area contributed by atoms with Crippen LogP contribution in [0, 0.1) is 10.1 Å². The van der Waals surface area contributed by atoms with Gasteiger partial charge in [-0.1, -0.05) is 0 Å². The minimum absolute atomic E-state index is 0.0910. The summed E-state index contributed by atoms with van der Waals surface area (Å²) in [4.78, 5) is 14.5. The van der Waals surface area contributed by atoms with E-state index in [0.717, 1.165) is 25.2 Å². The average Bonchev–Trinajstić information content (AvgIpc) is 2.85. The van der Waals surface area contributed by atoms with E-state index in [1.165, 1.54) is 6.07 Å². The number of nitro benzene ring substituents is 1. The summed E-state index contributed by atoms with van der Waals surface area (Å²) in [6.07, 6.45) is 0.979. The molecule has 0 radical (unpaired) electrons. The first-order valence-electron chi connectivity index (χ1n) is 6.26. The van der Waals surface area contributed by atoms with Gasteiger partial charge < -0.3 is 9.80 Å². The van der Waals surface area contributed by atoms with Gasteiger partial charge in [-0.3, -0.25) is 10.1 Å². The normalized spacial score (nSPS) is 11.2. The van der Waals surface area contributed by atoms with Crippen molar-refractivity contribution >= 4 is 22.4 Å². The number of rotatable bonds is 6. The van der Waals surface area contributed by atoms with Gasteiger partial charge in [-0.05, 0) is 43.4 Å².